The molecule has 19 heteroatoms. The predicted octanol–water partition coefficient (Wildman–Crippen LogP) is 3.66. The molecule has 2 aliphatic heterocycles. The third kappa shape index (κ3) is 17.6. The second-order valence-electron chi connectivity index (χ2n) is 20.3. The molecule has 404 valence electrons. The summed E-state index contributed by atoms with van der Waals surface area (Å²) >= 11 is 0. The number of imide groups is 2. The molecule has 0 aliphatic carbocycles. The Morgan fingerprint density at radius 2 is 1.36 bits per heavy atom. The Labute approximate surface area is 427 Å². The van der Waals surface area contributed by atoms with Crippen LogP contribution in [0.4, 0.5) is 0 Å². The van der Waals surface area contributed by atoms with Gasteiger partial charge in [0.25, 0.3) is 11.8 Å². The number of likely N-dealkylation sites (tertiary alicyclic amines) is 1. The summed E-state index contributed by atoms with van der Waals surface area (Å²) in [6, 6.07) is 6.28. The first-order valence-corrected chi connectivity index (χ1v) is 25.9. The van der Waals surface area contributed by atoms with Crippen LogP contribution in [0.1, 0.15) is 131 Å². The van der Waals surface area contributed by atoms with Gasteiger partial charge in [0.1, 0.15) is 0 Å². The van der Waals surface area contributed by atoms with E-state index in [-0.39, 0.29) is 79.1 Å². The highest BCUT2D eigenvalue weighted by Gasteiger charge is 2.44. The smallest absolute Gasteiger partial charge is 0.253 e. The van der Waals surface area contributed by atoms with Gasteiger partial charge in [-0.25, -0.2) is 0 Å². The van der Waals surface area contributed by atoms with Crippen LogP contribution in [0, 0.1) is 23.7 Å². The van der Waals surface area contributed by atoms with E-state index in [0.29, 0.717) is 57.2 Å². The number of benzene rings is 1. The normalized spacial score (nSPS) is 18.7. The van der Waals surface area contributed by atoms with Gasteiger partial charge in [-0.3, -0.25) is 69.2 Å². The maximum Gasteiger partial charge on any atom is 0.253 e. The topological polar surface area (TPSA) is 236 Å². The molecule has 0 unspecified atom stereocenters. The molecule has 8 amide bonds. The van der Waals surface area contributed by atoms with E-state index in [2.05, 4.69) is 28.4 Å². The van der Waals surface area contributed by atoms with Gasteiger partial charge in [0.15, 0.2) is 0 Å². The van der Waals surface area contributed by atoms with Crippen LogP contribution in [-0.4, -0.2) is 162 Å². The highest BCUT2D eigenvalue weighted by atomic mass is 16.5. The number of hydrogen-bond acceptors (Lipinski definition) is 13. The van der Waals surface area contributed by atoms with Crippen molar-refractivity contribution in [3.8, 4) is 0 Å². The minimum atomic E-state index is -0.908. The molecule has 1 aromatic rings. The minimum Gasteiger partial charge on any atom is -0.386 e. The number of aliphatic hydroxyl groups excluding tert-OH is 1. The summed E-state index contributed by atoms with van der Waals surface area (Å²) in [6.07, 6.45) is 4.70. The highest BCUT2D eigenvalue weighted by molar-refractivity contribution is 6.12. The van der Waals surface area contributed by atoms with Gasteiger partial charge >= 0.3 is 0 Å². The van der Waals surface area contributed by atoms with Gasteiger partial charge in [-0.15, -0.1) is 0 Å². The van der Waals surface area contributed by atoms with E-state index in [4.69, 9.17) is 9.47 Å². The summed E-state index contributed by atoms with van der Waals surface area (Å²) in [5, 5.41) is 16.6. The Morgan fingerprint density at radius 1 is 0.778 bits per heavy atom. The van der Waals surface area contributed by atoms with Crippen LogP contribution in [0.25, 0.3) is 0 Å². The Morgan fingerprint density at radius 3 is 1.92 bits per heavy atom. The third-order valence-corrected chi connectivity index (χ3v) is 14.3. The second kappa shape index (κ2) is 30.2. The van der Waals surface area contributed by atoms with E-state index in [1.165, 1.54) is 12.2 Å². The van der Waals surface area contributed by atoms with Gasteiger partial charge in [-0.1, -0.05) is 91.6 Å². The summed E-state index contributed by atoms with van der Waals surface area (Å²) < 4.78 is 12.1. The number of hydrogen-bond donors (Lipinski definition) is 5. The minimum absolute atomic E-state index is 0.00669. The Kier molecular flexibility index (Phi) is 25.7. The molecular formula is C53H86N8O11. The molecule has 1 saturated heterocycles. The number of carbonyl (C=O) groups excluding carboxylic acids is 8. The highest BCUT2D eigenvalue weighted by Crippen LogP contribution is 2.31. The summed E-state index contributed by atoms with van der Waals surface area (Å²) in [7, 11) is 6.70. The van der Waals surface area contributed by atoms with Gasteiger partial charge in [0.2, 0.25) is 35.4 Å². The molecule has 0 bridgehead atoms. The number of carbonyl (C=O) groups is 8. The maximum atomic E-state index is 14.4. The van der Waals surface area contributed by atoms with E-state index < -0.39 is 66.1 Å². The monoisotopic (exact) mass is 1010 g/mol. The van der Waals surface area contributed by atoms with Crippen molar-refractivity contribution in [2.24, 2.45) is 23.7 Å². The van der Waals surface area contributed by atoms with Gasteiger partial charge in [-0.2, -0.15) is 0 Å². The standard InChI is InChI=1S/C53H86N8O11/c1-13-35(6)48(40(71-11)32-45(66)60-31-20-24-39(60)50(72-12)36(7)51(68)54-37(8)49(67)38-22-16-14-17-23-38)59(10)47(34(4)5)53(70)55-52(69)46(33(2)3)58(9)29-21-26-42(63)57-56-41(62)25-18-15-19-30-61-43(64)27-28-44(61)65/h14,16-17,22-23,27-28,33-37,39-40,46-50,67H,13,15,18-21,24-26,29-32H2,1-12H3,(H,54,68)(H,56,62)(H,57,63)(H,55,69,70)/t35-,36+,37+,39-,40+,46-,47-,48-,49+,50+/m0/s1. The van der Waals surface area contributed by atoms with Crippen molar-refractivity contribution in [2.75, 3.05) is 47.9 Å². The molecule has 1 fully saturated rings. The molecule has 2 heterocycles. The molecule has 19 nitrogen and oxygen atoms in total. The predicted molar refractivity (Wildman–Crippen MR) is 273 cm³/mol. The van der Waals surface area contributed by atoms with Crippen LogP contribution < -0.4 is 21.5 Å². The molecular weight excluding hydrogens is 925 g/mol. The number of rotatable bonds is 30. The first kappa shape index (κ1) is 61.2. The Bertz CT molecular complexity index is 1970. The van der Waals surface area contributed by atoms with Gasteiger partial charge in [0.05, 0.1) is 54.8 Å². The number of likely N-dealkylation sites (N-methyl/N-ethyl adjacent to an activating group) is 2. The average Bonchev–Trinajstić information content (AvgIpc) is 3.95. The number of hydrazine groups is 1. The van der Waals surface area contributed by atoms with E-state index in [1.807, 2.05) is 69.7 Å². The summed E-state index contributed by atoms with van der Waals surface area (Å²) in [4.78, 5) is 111. The average molecular weight is 1010 g/mol. The summed E-state index contributed by atoms with van der Waals surface area (Å²) in [5.41, 5.74) is 5.53. The van der Waals surface area contributed by atoms with Crippen molar-refractivity contribution < 1.29 is 52.9 Å². The van der Waals surface area contributed by atoms with Crippen LogP contribution in [-0.2, 0) is 47.8 Å². The van der Waals surface area contributed by atoms with E-state index in [9.17, 15) is 43.5 Å². The quantitative estimate of drug-likeness (QED) is 0.0421. The Hall–Kier alpha value is -5.08. The number of methoxy groups -OCH3 is 2. The van der Waals surface area contributed by atoms with Crippen LogP contribution in [0.2, 0.25) is 0 Å². The fraction of sp³-hybridized carbons (Fsp3) is 0.698. The fourth-order valence-corrected chi connectivity index (χ4v) is 10.3. The van der Waals surface area contributed by atoms with Crippen LogP contribution in [0.3, 0.4) is 0 Å². The molecule has 72 heavy (non-hydrogen) atoms. The largest absolute Gasteiger partial charge is 0.386 e. The van der Waals surface area contributed by atoms with E-state index >= 15 is 0 Å². The number of ether oxygens (including phenoxy) is 2. The van der Waals surface area contributed by atoms with E-state index in [0.717, 1.165) is 11.3 Å². The first-order chi connectivity index (χ1) is 34.1. The zero-order chi connectivity index (χ0) is 53.8. The van der Waals surface area contributed by atoms with Crippen molar-refractivity contribution in [1.82, 2.24) is 41.1 Å². The second-order valence-corrected chi connectivity index (χ2v) is 20.3. The summed E-state index contributed by atoms with van der Waals surface area (Å²) in [5.74, 6) is -3.96. The number of nitrogens with one attached hydrogen (secondary N) is 4. The maximum absolute atomic E-state index is 14.4. The molecule has 3 rings (SSSR count). The van der Waals surface area contributed by atoms with Crippen LogP contribution in [0.5, 0.6) is 0 Å². The van der Waals surface area contributed by atoms with E-state index in [1.54, 1.807) is 52.1 Å². The lowest BCUT2D eigenvalue weighted by Crippen LogP contribution is -2.60. The molecule has 0 radical (unpaired) electrons. The van der Waals surface area contributed by atoms with Crippen LogP contribution in [0.15, 0.2) is 42.5 Å². The molecule has 0 spiro atoms. The van der Waals surface area contributed by atoms with Gasteiger partial charge in [0, 0.05) is 58.3 Å². The molecule has 5 N–H and O–H groups in total. The lowest BCUT2D eigenvalue weighted by molar-refractivity contribution is -0.145. The van der Waals surface area contributed by atoms with Gasteiger partial charge in [-0.05, 0) is 83.0 Å². The zero-order valence-electron chi connectivity index (χ0n) is 45.0. The zero-order valence-corrected chi connectivity index (χ0v) is 45.0. The molecule has 0 saturated carbocycles. The van der Waals surface area contributed by atoms with Crippen molar-refractivity contribution >= 4 is 47.3 Å². The number of nitrogens with zero attached hydrogens (tertiary/aromatic N) is 4. The molecule has 2 aliphatic rings. The lowest BCUT2D eigenvalue weighted by atomic mass is 9.87. The number of amides is 8. The molecule has 10 atom stereocenters. The first-order valence-electron chi connectivity index (χ1n) is 25.9. The molecule has 1 aromatic carbocycles. The summed E-state index contributed by atoms with van der Waals surface area (Å²) in [6.45, 7) is 16.3. The molecule has 0 aromatic heterocycles. The number of aliphatic hydroxyl groups is 1. The van der Waals surface area contributed by atoms with Crippen molar-refractivity contribution in [1.29, 1.82) is 0 Å². The van der Waals surface area contributed by atoms with Crippen molar-refractivity contribution in [2.45, 2.75) is 168 Å². The van der Waals surface area contributed by atoms with Crippen molar-refractivity contribution in [3.05, 3.63) is 48.0 Å². The van der Waals surface area contributed by atoms with Crippen LogP contribution >= 0.6 is 0 Å². The Balaban J connectivity index is 1.59. The van der Waals surface area contributed by atoms with Crippen molar-refractivity contribution in [3.63, 3.8) is 0 Å². The number of unbranched alkanes of at least 4 members (excludes halogenated alkanes) is 2. The third-order valence-electron chi connectivity index (χ3n) is 14.3. The lowest BCUT2D eigenvalue weighted by Gasteiger charge is -2.43. The fourth-order valence-electron chi connectivity index (χ4n) is 10.3. The van der Waals surface area contributed by atoms with Gasteiger partial charge < -0.3 is 24.8 Å². The SMILES string of the molecule is CC[C@H](C)[C@@H]([C@@H](CC(=O)N1CCC[C@H]1[C@H](OC)[C@@H](C)C(=O)N[C@H](C)[C@@H](O)c1ccccc1)OC)N(C)[C@H](C(=O)NC(=O)[C@H](C(C)C)N(C)CCCC(=O)NNC(=O)CCCCCN1C(=O)C=CC1=O)C(C)C.